The van der Waals surface area contributed by atoms with Crippen LogP contribution in [0.3, 0.4) is 0 Å². The molecule has 1 N–H and O–H groups in total. The third-order valence-corrected chi connectivity index (χ3v) is 13.6. The SMILES string of the molecule is CC(C)[C@@H]1CC[C@@H](C)C[C@@]1(O[Si](C)(C)C(C)(C)C)C(=O)NC[C@@H](OCCOC1CCCCO1)c1ccccc1. The number of carbonyl (C=O) groups excluding carboxylic acids is 1. The van der Waals surface area contributed by atoms with Crippen molar-refractivity contribution in [1.82, 2.24) is 5.32 Å². The third-order valence-electron chi connectivity index (χ3n) is 9.12. The number of amides is 1. The van der Waals surface area contributed by atoms with Crippen LogP contribution in [0.2, 0.25) is 18.1 Å². The maximum absolute atomic E-state index is 14.3. The lowest BCUT2D eigenvalue weighted by molar-refractivity contribution is -0.171. The van der Waals surface area contributed by atoms with Crippen molar-refractivity contribution in [2.24, 2.45) is 17.8 Å². The third kappa shape index (κ3) is 8.62. The molecule has 1 aromatic carbocycles. The summed E-state index contributed by atoms with van der Waals surface area (Å²) in [5.41, 5.74) is 0.223. The minimum atomic E-state index is -2.23. The van der Waals surface area contributed by atoms with Gasteiger partial charge >= 0.3 is 0 Å². The zero-order chi connectivity index (χ0) is 28.7. The van der Waals surface area contributed by atoms with E-state index in [2.05, 4.69) is 72.1 Å². The van der Waals surface area contributed by atoms with Crippen molar-refractivity contribution in [1.29, 1.82) is 0 Å². The summed E-state index contributed by atoms with van der Waals surface area (Å²) in [6.45, 7) is 20.1. The maximum Gasteiger partial charge on any atom is 0.251 e. The monoisotopic (exact) mass is 561 g/mol. The Bertz CT molecular complexity index is 880. The highest BCUT2D eigenvalue weighted by Gasteiger charge is 2.55. The molecule has 1 saturated carbocycles. The van der Waals surface area contributed by atoms with E-state index in [1.165, 1.54) is 0 Å². The molecule has 1 heterocycles. The van der Waals surface area contributed by atoms with Gasteiger partial charge in [0.05, 0.1) is 19.3 Å². The largest absolute Gasteiger partial charge is 0.402 e. The van der Waals surface area contributed by atoms with Gasteiger partial charge in [0.15, 0.2) is 14.6 Å². The van der Waals surface area contributed by atoms with Crippen LogP contribution in [0.5, 0.6) is 0 Å². The van der Waals surface area contributed by atoms with Crippen LogP contribution in [0.25, 0.3) is 0 Å². The predicted molar refractivity (Wildman–Crippen MR) is 160 cm³/mol. The molecule has 1 amide bonds. The van der Waals surface area contributed by atoms with E-state index in [4.69, 9.17) is 18.6 Å². The second kappa shape index (κ2) is 14.1. The van der Waals surface area contributed by atoms with Crippen molar-refractivity contribution in [3.63, 3.8) is 0 Å². The van der Waals surface area contributed by atoms with Crippen LogP contribution in [0, 0.1) is 17.8 Å². The summed E-state index contributed by atoms with van der Waals surface area (Å²) < 4.78 is 25.1. The lowest BCUT2D eigenvalue weighted by Gasteiger charge is -2.52. The summed E-state index contributed by atoms with van der Waals surface area (Å²) >= 11 is 0. The van der Waals surface area contributed by atoms with E-state index in [1.54, 1.807) is 0 Å². The number of hydrogen-bond donors (Lipinski definition) is 1. The van der Waals surface area contributed by atoms with Crippen LogP contribution < -0.4 is 5.32 Å². The number of carbonyl (C=O) groups is 1. The predicted octanol–water partition coefficient (Wildman–Crippen LogP) is 7.26. The molecule has 7 heteroatoms. The van der Waals surface area contributed by atoms with Gasteiger partial charge in [-0.15, -0.1) is 0 Å². The van der Waals surface area contributed by atoms with Crippen molar-refractivity contribution >= 4 is 14.2 Å². The molecule has 3 rings (SSSR count). The van der Waals surface area contributed by atoms with Gasteiger partial charge in [0.25, 0.3) is 5.91 Å². The Labute approximate surface area is 239 Å². The number of benzene rings is 1. The highest BCUT2D eigenvalue weighted by atomic mass is 28.4. The van der Waals surface area contributed by atoms with Crippen molar-refractivity contribution in [2.75, 3.05) is 26.4 Å². The minimum absolute atomic E-state index is 0.0141. The van der Waals surface area contributed by atoms with Crippen LogP contribution in [-0.2, 0) is 23.4 Å². The minimum Gasteiger partial charge on any atom is -0.402 e. The van der Waals surface area contributed by atoms with Crippen molar-refractivity contribution in [3.05, 3.63) is 35.9 Å². The molecule has 0 aromatic heterocycles. The summed E-state index contributed by atoms with van der Waals surface area (Å²) in [7, 11) is -2.23. The molecule has 1 aliphatic carbocycles. The van der Waals surface area contributed by atoms with E-state index in [0.29, 0.717) is 31.6 Å². The Kier molecular flexibility index (Phi) is 11.6. The summed E-state index contributed by atoms with van der Waals surface area (Å²) in [5.74, 6) is 1.00. The lowest BCUT2D eigenvalue weighted by Crippen LogP contribution is -2.63. The molecule has 0 bridgehead atoms. The first-order valence-corrected chi connectivity index (χ1v) is 18.1. The Balaban J connectivity index is 1.76. The smallest absolute Gasteiger partial charge is 0.251 e. The first-order valence-electron chi connectivity index (χ1n) is 15.2. The molecule has 1 aliphatic heterocycles. The van der Waals surface area contributed by atoms with E-state index in [1.807, 2.05) is 18.2 Å². The average molecular weight is 562 g/mol. The van der Waals surface area contributed by atoms with Crippen molar-refractivity contribution in [3.8, 4) is 0 Å². The molecular weight excluding hydrogens is 506 g/mol. The molecule has 222 valence electrons. The Morgan fingerprint density at radius 3 is 2.44 bits per heavy atom. The van der Waals surface area contributed by atoms with Gasteiger partial charge in [0, 0.05) is 13.2 Å². The van der Waals surface area contributed by atoms with E-state index in [0.717, 1.165) is 50.7 Å². The Hall–Kier alpha value is -1.25. The number of ether oxygens (including phenoxy) is 3. The summed E-state index contributed by atoms with van der Waals surface area (Å²) in [5, 5.41) is 3.34. The molecule has 2 fully saturated rings. The molecule has 2 aliphatic rings. The molecule has 0 radical (unpaired) electrons. The fourth-order valence-electron chi connectivity index (χ4n) is 5.86. The fourth-order valence-corrected chi connectivity index (χ4v) is 7.41. The van der Waals surface area contributed by atoms with Gasteiger partial charge in [0.2, 0.25) is 0 Å². The van der Waals surface area contributed by atoms with Gasteiger partial charge in [-0.2, -0.15) is 0 Å². The van der Waals surface area contributed by atoms with E-state index in [9.17, 15) is 4.79 Å². The Morgan fingerprint density at radius 2 is 1.82 bits per heavy atom. The molecule has 1 saturated heterocycles. The van der Waals surface area contributed by atoms with Gasteiger partial charge in [0.1, 0.15) is 5.60 Å². The second-order valence-corrected chi connectivity index (χ2v) is 18.4. The van der Waals surface area contributed by atoms with Crippen LogP contribution in [-0.4, -0.2) is 52.5 Å². The number of nitrogens with one attached hydrogen (secondary N) is 1. The van der Waals surface area contributed by atoms with Crippen LogP contribution in [0.15, 0.2) is 30.3 Å². The Morgan fingerprint density at radius 1 is 1.10 bits per heavy atom. The summed E-state index contributed by atoms with van der Waals surface area (Å²) in [4.78, 5) is 14.3. The maximum atomic E-state index is 14.3. The zero-order valence-electron chi connectivity index (χ0n) is 25.9. The van der Waals surface area contributed by atoms with Crippen molar-refractivity contribution < 1.29 is 23.4 Å². The quantitative estimate of drug-likeness (QED) is 0.215. The molecule has 0 spiro atoms. The van der Waals surface area contributed by atoms with Gasteiger partial charge in [-0.25, -0.2) is 0 Å². The molecule has 1 unspecified atom stereocenters. The summed E-state index contributed by atoms with van der Waals surface area (Å²) in [6.07, 6.45) is 5.69. The molecule has 39 heavy (non-hydrogen) atoms. The van der Waals surface area contributed by atoms with Crippen LogP contribution >= 0.6 is 0 Å². The fraction of sp³-hybridized carbons (Fsp3) is 0.781. The highest BCUT2D eigenvalue weighted by Crippen LogP contribution is 2.49. The highest BCUT2D eigenvalue weighted by molar-refractivity contribution is 6.74. The second-order valence-electron chi connectivity index (χ2n) is 13.6. The average Bonchev–Trinajstić information content (AvgIpc) is 2.88. The number of rotatable bonds is 12. The van der Waals surface area contributed by atoms with Crippen molar-refractivity contribution in [2.45, 2.75) is 116 Å². The van der Waals surface area contributed by atoms with Gasteiger partial charge < -0.3 is 24.0 Å². The van der Waals surface area contributed by atoms with E-state index in [-0.39, 0.29) is 29.3 Å². The van der Waals surface area contributed by atoms with E-state index >= 15 is 0 Å². The molecular formula is C32H55NO5Si. The topological polar surface area (TPSA) is 66.0 Å². The van der Waals surface area contributed by atoms with E-state index < -0.39 is 13.9 Å². The van der Waals surface area contributed by atoms with Gasteiger partial charge in [-0.3, -0.25) is 4.79 Å². The number of hydrogen-bond acceptors (Lipinski definition) is 5. The lowest BCUT2D eigenvalue weighted by atomic mass is 9.66. The molecule has 1 aromatic rings. The van der Waals surface area contributed by atoms with Crippen LogP contribution in [0.4, 0.5) is 0 Å². The standard InChI is InChI=1S/C32H55NO5Si/c1-24(2)27-18-17-25(3)22-32(27,38-39(7,8)31(4,5)6)30(34)33-23-28(26-14-10-9-11-15-26)35-20-21-37-29-16-12-13-19-36-29/h9-11,14-15,24-25,27-29H,12-13,16-23H2,1-8H3,(H,33,34)/t25-,27+,28-,29?,32+/m1/s1. The normalized spacial score (nSPS) is 27.4. The first kappa shape index (κ1) is 32.3. The zero-order valence-corrected chi connectivity index (χ0v) is 26.9. The molecule has 5 atom stereocenters. The van der Waals surface area contributed by atoms with Crippen LogP contribution in [0.1, 0.15) is 91.7 Å². The summed E-state index contributed by atoms with van der Waals surface area (Å²) in [6, 6.07) is 10.1. The molecule has 6 nitrogen and oxygen atoms in total. The van der Waals surface area contributed by atoms with Gasteiger partial charge in [-0.1, -0.05) is 78.3 Å². The van der Waals surface area contributed by atoms with Gasteiger partial charge in [-0.05, 0) is 73.6 Å². The first-order chi connectivity index (χ1) is 18.4.